The molecule has 0 bridgehead atoms. The number of hydrogen-bond acceptors (Lipinski definition) is 3. The normalized spacial score (nSPS) is 16.5. The van der Waals surface area contributed by atoms with Crippen LogP contribution in [0.25, 0.3) is 0 Å². The van der Waals surface area contributed by atoms with E-state index in [-0.39, 0.29) is 17.9 Å². The molecule has 1 aliphatic carbocycles. The Morgan fingerprint density at radius 1 is 1.42 bits per heavy atom. The third-order valence-electron chi connectivity index (χ3n) is 3.35. The number of aromatic carboxylic acids is 1. The summed E-state index contributed by atoms with van der Waals surface area (Å²) in [6.45, 7) is 0. The number of amides is 1. The summed E-state index contributed by atoms with van der Waals surface area (Å²) >= 11 is 3.20. The number of carbonyl (C=O) groups excluding carboxylic acids is 1. The molecular formula is C13H15BrN2O3. The molecule has 1 saturated carbocycles. The van der Waals surface area contributed by atoms with Crippen LogP contribution in [-0.4, -0.2) is 22.5 Å². The first-order valence-corrected chi connectivity index (χ1v) is 6.80. The van der Waals surface area contributed by atoms with Gasteiger partial charge < -0.3 is 16.2 Å². The zero-order valence-corrected chi connectivity index (χ0v) is 11.9. The van der Waals surface area contributed by atoms with E-state index in [1.807, 2.05) is 0 Å². The van der Waals surface area contributed by atoms with Gasteiger partial charge in [0.1, 0.15) is 0 Å². The fraction of sp³-hybridized carbons (Fsp3) is 0.385. The molecule has 0 aliphatic heterocycles. The monoisotopic (exact) mass is 326 g/mol. The smallest absolute Gasteiger partial charge is 0.337 e. The summed E-state index contributed by atoms with van der Waals surface area (Å²) in [6, 6.07) is 4.71. The quantitative estimate of drug-likeness (QED) is 0.791. The fourth-order valence-electron chi connectivity index (χ4n) is 2.12. The minimum absolute atomic E-state index is 0.0578. The van der Waals surface area contributed by atoms with Crippen LogP contribution in [0.4, 0.5) is 5.69 Å². The van der Waals surface area contributed by atoms with Gasteiger partial charge in [0.05, 0.1) is 11.3 Å². The number of nitrogens with two attached hydrogens (primary N) is 1. The molecule has 2 rings (SSSR count). The Balaban J connectivity index is 2.10. The van der Waals surface area contributed by atoms with E-state index in [4.69, 9.17) is 10.8 Å². The maximum absolute atomic E-state index is 11.9. The molecule has 0 saturated heterocycles. The van der Waals surface area contributed by atoms with Crippen molar-refractivity contribution in [1.82, 2.24) is 0 Å². The zero-order chi connectivity index (χ0) is 14.0. The van der Waals surface area contributed by atoms with Gasteiger partial charge in [-0.2, -0.15) is 0 Å². The van der Waals surface area contributed by atoms with E-state index in [9.17, 15) is 9.59 Å². The Labute approximate surface area is 119 Å². The largest absolute Gasteiger partial charge is 0.478 e. The Kier molecular flexibility index (Phi) is 3.91. The summed E-state index contributed by atoms with van der Waals surface area (Å²) in [5, 5.41) is 11.7. The van der Waals surface area contributed by atoms with E-state index in [2.05, 4.69) is 21.2 Å². The number of carboxylic acid groups (broad SMARTS) is 1. The Hall–Kier alpha value is -1.40. The SMILES string of the molecule is NC1(CC(=O)Nc2ccc(Br)cc2C(=O)O)CCC1. The van der Waals surface area contributed by atoms with Crippen LogP contribution in [0.1, 0.15) is 36.0 Å². The fourth-order valence-corrected chi connectivity index (χ4v) is 2.49. The van der Waals surface area contributed by atoms with Gasteiger partial charge in [0.15, 0.2) is 0 Å². The van der Waals surface area contributed by atoms with E-state index < -0.39 is 11.5 Å². The molecule has 0 radical (unpaired) electrons. The molecule has 1 aliphatic rings. The molecule has 102 valence electrons. The number of halogens is 1. The van der Waals surface area contributed by atoms with Gasteiger partial charge in [0.25, 0.3) is 0 Å². The summed E-state index contributed by atoms with van der Waals surface area (Å²) in [5.74, 6) is -1.32. The molecule has 1 fully saturated rings. The molecule has 1 aromatic carbocycles. The van der Waals surface area contributed by atoms with Crippen molar-refractivity contribution in [2.75, 3.05) is 5.32 Å². The first-order valence-electron chi connectivity index (χ1n) is 6.01. The van der Waals surface area contributed by atoms with Gasteiger partial charge in [-0.1, -0.05) is 15.9 Å². The Morgan fingerprint density at radius 2 is 2.11 bits per heavy atom. The number of benzene rings is 1. The van der Waals surface area contributed by atoms with Crippen molar-refractivity contribution in [3.8, 4) is 0 Å². The van der Waals surface area contributed by atoms with Crippen molar-refractivity contribution in [3.05, 3.63) is 28.2 Å². The van der Waals surface area contributed by atoms with Gasteiger partial charge in [-0.25, -0.2) is 4.79 Å². The van der Waals surface area contributed by atoms with E-state index in [1.54, 1.807) is 12.1 Å². The van der Waals surface area contributed by atoms with E-state index in [0.717, 1.165) is 19.3 Å². The molecule has 0 atom stereocenters. The molecule has 19 heavy (non-hydrogen) atoms. The van der Waals surface area contributed by atoms with Crippen LogP contribution in [-0.2, 0) is 4.79 Å². The summed E-state index contributed by atoms with van der Waals surface area (Å²) in [4.78, 5) is 23.0. The van der Waals surface area contributed by atoms with Crippen LogP contribution in [0.3, 0.4) is 0 Å². The van der Waals surface area contributed by atoms with Crippen molar-refractivity contribution in [1.29, 1.82) is 0 Å². The number of rotatable bonds is 4. The van der Waals surface area contributed by atoms with Crippen molar-refractivity contribution in [3.63, 3.8) is 0 Å². The number of anilines is 1. The van der Waals surface area contributed by atoms with Crippen molar-refractivity contribution in [2.45, 2.75) is 31.2 Å². The summed E-state index contributed by atoms with van der Waals surface area (Å²) in [5.41, 5.74) is 5.93. The van der Waals surface area contributed by atoms with Crippen LogP contribution >= 0.6 is 15.9 Å². The lowest BCUT2D eigenvalue weighted by Crippen LogP contribution is -2.49. The second kappa shape index (κ2) is 5.30. The Bertz CT molecular complexity index is 527. The second-order valence-corrected chi connectivity index (χ2v) is 5.85. The molecule has 6 heteroatoms. The van der Waals surface area contributed by atoms with Crippen LogP contribution in [0.2, 0.25) is 0 Å². The third-order valence-corrected chi connectivity index (χ3v) is 3.84. The van der Waals surface area contributed by atoms with Crippen molar-refractivity contribution >= 4 is 33.5 Å². The molecule has 0 heterocycles. The topological polar surface area (TPSA) is 92.4 Å². The standard InChI is InChI=1S/C13H15BrN2O3/c14-8-2-3-10(9(6-8)12(18)19)16-11(17)7-13(15)4-1-5-13/h2-3,6H,1,4-5,7,15H2,(H,16,17)(H,18,19). The minimum Gasteiger partial charge on any atom is -0.478 e. The lowest BCUT2D eigenvalue weighted by atomic mass is 9.75. The van der Waals surface area contributed by atoms with Crippen LogP contribution in [0.5, 0.6) is 0 Å². The molecule has 0 spiro atoms. The molecular weight excluding hydrogens is 312 g/mol. The highest BCUT2D eigenvalue weighted by atomic mass is 79.9. The third kappa shape index (κ3) is 3.33. The van der Waals surface area contributed by atoms with E-state index in [1.165, 1.54) is 6.07 Å². The first-order chi connectivity index (χ1) is 8.89. The predicted octanol–water partition coefficient (Wildman–Crippen LogP) is 2.36. The maximum Gasteiger partial charge on any atom is 0.337 e. The zero-order valence-electron chi connectivity index (χ0n) is 10.3. The Morgan fingerprint density at radius 3 is 2.63 bits per heavy atom. The minimum atomic E-state index is -1.08. The van der Waals surface area contributed by atoms with Gasteiger partial charge in [0, 0.05) is 16.4 Å². The van der Waals surface area contributed by atoms with Gasteiger partial charge in [-0.05, 0) is 37.5 Å². The molecule has 5 nitrogen and oxygen atoms in total. The summed E-state index contributed by atoms with van der Waals surface area (Å²) in [6.07, 6.45) is 2.95. The van der Waals surface area contributed by atoms with Gasteiger partial charge in [-0.3, -0.25) is 4.79 Å². The lowest BCUT2D eigenvalue weighted by molar-refractivity contribution is -0.118. The van der Waals surface area contributed by atoms with Crippen molar-refractivity contribution in [2.24, 2.45) is 5.73 Å². The summed E-state index contributed by atoms with van der Waals surface area (Å²) < 4.78 is 0.650. The van der Waals surface area contributed by atoms with Crippen LogP contribution in [0, 0.1) is 0 Å². The number of carbonyl (C=O) groups is 2. The van der Waals surface area contributed by atoms with Crippen LogP contribution < -0.4 is 11.1 Å². The average molecular weight is 327 g/mol. The number of nitrogens with one attached hydrogen (secondary N) is 1. The predicted molar refractivity (Wildman–Crippen MR) is 75.1 cm³/mol. The highest BCUT2D eigenvalue weighted by Crippen LogP contribution is 2.32. The second-order valence-electron chi connectivity index (χ2n) is 4.94. The maximum atomic E-state index is 11.9. The highest BCUT2D eigenvalue weighted by molar-refractivity contribution is 9.10. The van der Waals surface area contributed by atoms with E-state index >= 15 is 0 Å². The van der Waals surface area contributed by atoms with Gasteiger partial charge >= 0.3 is 5.97 Å². The van der Waals surface area contributed by atoms with Gasteiger partial charge in [-0.15, -0.1) is 0 Å². The molecule has 4 N–H and O–H groups in total. The van der Waals surface area contributed by atoms with Crippen molar-refractivity contribution < 1.29 is 14.7 Å². The number of hydrogen-bond donors (Lipinski definition) is 3. The average Bonchev–Trinajstić information content (AvgIpc) is 2.29. The first kappa shape index (κ1) is 14.0. The number of carboxylic acids is 1. The van der Waals surface area contributed by atoms with Crippen LogP contribution in [0.15, 0.2) is 22.7 Å². The highest BCUT2D eigenvalue weighted by Gasteiger charge is 2.34. The van der Waals surface area contributed by atoms with Gasteiger partial charge in [0.2, 0.25) is 5.91 Å². The summed E-state index contributed by atoms with van der Waals surface area (Å²) in [7, 11) is 0. The molecule has 0 unspecified atom stereocenters. The molecule has 0 aromatic heterocycles. The lowest BCUT2D eigenvalue weighted by Gasteiger charge is -2.37. The molecule has 1 aromatic rings. The van der Waals surface area contributed by atoms with E-state index in [0.29, 0.717) is 10.2 Å². The molecule has 1 amide bonds.